The van der Waals surface area contributed by atoms with Gasteiger partial charge in [0.25, 0.3) is 0 Å². The number of allylic oxidation sites excluding steroid dienone is 2. The third kappa shape index (κ3) is 3.99. The van der Waals surface area contributed by atoms with Gasteiger partial charge in [-0.1, -0.05) is 53.2 Å². The Morgan fingerprint density at radius 2 is 1.71 bits per heavy atom. The summed E-state index contributed by atoms with van der Waals surface area (Å²) in [7, 11) is 1.90. The van der Waals surface area contributed by atoms with Crippen molar-refractivity contribution in [3.05, 3.63) is 11.6 Å². The molecule has 3 N–H and O–H groups in total. The van der Waals surface area contributed by atoms with Crippen molar-refractivity contribution in [3.63, 3.8) is 0 Å². The van der Waals surface area contributed by atoms with Crippen LogP contribution in [0.25, 0.3) is 0 Å². The SMILES string of the molecule is COC1CCC2(C)C3=CCC4(C)C(C(C)CCC(O)C(C)(O)CO)CCC4(C)C3CCC2C1(C)C. The molecule has 0 spiro atoms. The van der Waals surface area contributed by atoms with Crippen LogP contribution in [0.1, 0.15) is 106 Å². The molecule has 4 aliphatic rings. The Morgan fingerprint density at radius 1 is 1.03 bits per heavy atom. The van der Waals surface area contributed by atoms with Gasteiger partial charge in [-0.3, -0.25) is 0 Å². The van der Waals surface area contributed by atoms with Gasteiger partial charge >= 0.3 is 0 Å². The summed E-state index contributed by atoms with van der Waals surface area (Å²) in [5.74, 6) is 2.48. The highest BCUT2D eigenvalue weighted by molar-refractivity contribution is 5.32. The molecule has 4 aliphatic carbocycles. The van der Waals surface area contributed by atoms with Gasteiger partial charge in [-0.05, 0) is 110 Å². The molecule has 0 bridgehead atoms. The van der Waals surface area contributed by atoms with Crippen molar-refractivity contribution in [1.29, 1.82) is 0 Å². The Labute approximate surface area is 214 Å². The van der Waals surface area contributed by atoms with Crippen molar-refractivity contribution in [2.75, 3.05) is 13.7 Å². The van der Waals surface area contributed by atoms with Gasteiger partial charge in [0, 0.05) is 7.11 Å². The molecule has 0 aliphatic heterocycles. The first-order chi connectivity index (χ1) is 16.2. The fourth-order valence-corrected chi connectivity index (χ4v) is 10.1. The fourth-order valence-electron chi connectivity index (χ4n) is 10.1. The molecule has 3 saturated carbocycles. The Bertz CT molecular complexity index is 817. The largest absolute Gasteiger partial charge is 0.393 e. The fraction of sp³-hybridized carbons (Fsp3) is 0.935. The van der Waals surface area contributed by atoms with Crippen LogP contribution in [0.2, 0.25) is 0 Å². The Hall–Kier alpha value is -0.420. The lowest BCUT2D eigenvalue weighted by Gasteiger charge is -2.64. The van der Waals surface area contributed by atoms with Crippen LogP contribution in [0.5, 0.6) is 0 Å². The zero-order chi connectivity index (χ0) is 26.0. The molecule has 10 atom stereocenters. The second kappa shape index (κ2) is 9.10. The number of aliphatic hydroxyl groups excluding tert-OH is 2. The van der Waals surface area contributed by atoms with E-state index in [-0.39, 0.29) is 16.2 Å². The maximum atomic E-state index is 10.5. The second-order valence-corrected chi connectivity index (χ2v) is 14.6. The minimum absolute atomic E-state index is 0.207. The van der Waals surface area contributed by atoms with Crippen LogP contribution in [0.15, 0.2) is 11.6 Å². The maximum absolute atomic E-state index is 10.5. The molecule has 202 valence electrons. The molecule has 4 nitrogen and oxygen atoms in total. The highest BCUT2D eigenvalue weighted by atomic mass is 16.5. The predicted octanol–water partition coefficient (Wildman–Crippen LogP) is 6.13. The lowest BCUT2D eigenvalue weighted by Crippen LogP contribution is -2.58. The molecule has 0 radical (unpaired) electrons. The smallest absolute Gasteiger partial charge is 0.111 e. The van der Waals surface area contributed by atoms with Gasteiger partial charge in [0.1, 0.15) is 5.60 Å². The van der Waals surface area contributed by atoms with Gasteiger partial charge in [0.15, 0.2) is 0 Å². The number of rotatable bonds is 7. The van der Waals surface area contributed by atoms with Crippen LogP contribution >= 0.6 is 0 Å². The van der Waals surface area contributed by atoms with Gasteiger partial charge in [-0.15, -0.1) is 0 Å². The van der Waals surface area contributed by atoms with E-state index >= 15 is 0 Å². The molecule has 4 rings (SSSR count). The molecule has 0 aromatic carbocycles. The van der Waals surface area contributed by atoms with Crippen LogP contribution in [-0.4, -0.2) is 46.8 Å². The molecular formula is C31H54O4. The highest BCUT2D eigenvalue weighted by Crippen LogP contribution is 2.73. The van der Waals surface area contributed by atoms with Crippen molar-refractivity contribution >= 4 is 0 Å². The second-order valence-electron chi connectivity index (χ2n) is 14.6. The van der Waals surface area contributed by atoms with Gasteiger partial charge in [-0.2, -0.15) is 0 Å². The number of fused-ring (bicyclic) bond motifs is 5. The zero-order valence-electron chi connectivity index (χ0n) is 23.9. The lowest BCUT2D eigenvalue weighted by atomic mass is 9.41. The first-order valence-electron chi connectivity index (χ1n) is 14.4. The van der Waals surface area contributed by atoms with E-state index in [4.69, 9.17) is 4.74 Å². The van der Waals surface area contributed by atoms with Crippen LogP contribution in [0, 0.1) is 45.3 Å². The standard InChI is InChI=1S/C31H54O4/c1-20(9-12-25(33)31(7,34)19-32)21-13-17-30(6)23-10-11-24-27(2,3)26(35-8)15-16-28(24,4)22(23)14-18-29(21,30)5/h14,20-21,23-26,32-34H,9-13,15-19H2,1-8H3. The monoisotopic (exact) mass is 490 g/mol. The van der Waals surface area contributed by atoms with Crippen LogP contribution in [0.3, 0.4) is 0 Å². The highest BCUT2D eigenvalue weighted by Gasteiger charge is 2.65. The molecule has 0 saturated heterocycles. The average Bonchev–Trinajstić information content (AvgIpc) is 3.08. The summed E-state index contributed by atoms with van der Waals surface area (Å²) in [6.45, 7) is 16.1. The predicted molar refractivity (Wildman–Crippen MR) is 142 cm³/mol. The van der Waals surface area contributed by atoms with E-state index < -0.39 is 18.3 Å². The van der Waals surface area contributed by atoms with Gasteiger partial charge in [0.05, 0.1) is 18.8 Å². The summed E-state index contributed by atoms with van der Waals surface area (Å²) >= 11 is 0. The van der Waals surface area contributed by atoms with Crippen molar-refractivity contribution in [2.24, 2.45) is 45.3 Å². The number of methoxy groups -OCH3 is 1. The molecule has 10 unspecified atom stereocenters. The van der Waals surface area contributed by atoms with Crippen molar-refractivity contribution in [1.82, 2.24) is 0 Å². The maximum Gasteiger partial charge on any atom is 0.111 e. The quantitative estimate of drug-likeness (QED) is 0.376. The number of aliphatic hydroxyl groups is 3. The third-order valence-corrected chi connectivity index (χ3v) is 12.7. The summed E-state index contributed by atoms with van der Waals surface area (Å²) in [5, 5.41) is 30.1. The summed E-state index contributed by atoms with van der Waals surface area (Å²) in [5.41, 5.74) is 1.45. The Balaban J connectivity index is 1.57. The van der Waals surface area contributed by atoms with Crippen LogP contribution in [-0.2, 0) is 4.74 Å². The van der Waals surface area contributed by atoms with E-state index in [1.54, 1.807) is 5.57 Å². The van der Waals surface area contributed by atoms with Crippen molar-refractivity contribution in [3.8, 4) is 0 Å². The summed E-state index contributed by atoms with van der Waals surface area (Å²) in [4.78, 5) is 0. The van der Waals surface area contributed by atoms with Crippen LogP contribution < -0.4 is 0 Å². The van der Waals surface area contributed by atoms with Gasteiger partial charge < -0.3 is 20.1 Å². The van der Waals surface area contributed by atoms with Crippen molar-refractivity contribution < 1.29 is 20.1 Å². The molecule has 0 aromatic rings. The van der Waals surface area contributed by atoms with E-state index in [9.17, 15) is 15.3 Å². The molecular weight excluding hydrogens is 436 g/mol. The molecule has 0 heterocycles. The van der Waals surface area contributed by atoms with Gasteiger partial charge in [0.2, 0.25) is 0 Å². The van der Waals surface area contributed by atoms with Gasteiger partial charge in [-0.25, -0.2) is 0 Å². The molecule has 4 heteroatoms. The third-order valence-electron chi connectivity index (χ3n) is 12.7. The molecule has 0 amide bonds. The first-order valence-corrected chi connectivity index (χ1v) is 14.4. The molecule has 3 fully saturated rings. The lowest BCUT2D eigenvalue weighted by molar-refractivity contribution is -0.130. The first kappa shape index (κ1) is 27.6. The van der Waals surface area contributed by atoms with Crippen LogP contribution in [0.4, 0.5) is 0 Å². The number of ether oxygens (including phenoxy) is 1. The topological polar surface area (TPSA) is 69.9 Å². The summed E-state index contributed by atoms with van der Waals surface area (Å²) in [6.07, 6.45) is 12.3. The summed E-state index contributed by atoms with van der Waals surface area (Å²) < 4.78 is 5.98. The van der Waals surface area contributed by atoms with E-state index in [0.717, 1.165) is 19.3 Å². The van der Waals surface area contributed by atoms with E-state index in [1.807, 2.05) is 7.11 Å². The summed E-state index contributed by atoms with van der Waals surface area (Å²) in [6, 6.07) is 0. The normalized spacial score (nSPS) is 46.0. The van der Waals surface area contributed by atoms with Crippen molar-refractivity contribution in [2.45, 2.75) is 124 Å². The zero-order valence-corrected chi connectivity index (χ0v) is 23.9. The molecule has 35 heavy (non-hydrogen) atoms. The van der Waals surface area contributed by atoms with E-state index in [0.29, 0.717) is 41.6 Å². The Kier molecular flexibility index (Phi) is 7.18. The number of hydrogen-bond acceptors (Lipinski definition) is 4. The Morgan fingerprint density at radius 3 is 2.34 bits per heavy atom. The van der Waals surface area contributed by atoms with E-state index in [1.165, 1.54) is 39.0 Å². The average molecular weight is 491 g/mol. The number of hydrogen-bond donors (Lipinski definition) is 3. The minimum Gasteiger partial charge on any atom is -0.393 e. The minimum atomic E-state index is -1.42. The molecule has 0 aromatic heterocycles. The van der Waals surface area contributed by atoms with E-state index in [2.05, 4.69) is 47.6 Å².